The number of rotatable bonds is 2. The zero-order chi connectivity index (χ0) is 17.6. The van der Waals surface area contributed by atoms with Crippen LogP contribution in [-0.4, -0.2) is 18.1 Å². The molecule has 1 heterocycles. The summed E-state index contributed by atoms with van der Waals surface area (Å²) < 4.78 is 0. The summed E-state index contributed by atoms with van der Waals surface area (Å²) in [6, 6.07) is 23.0. The molecule has 0 spiro atoms. The number of anilines is 1. The second-order valence-corrected chi connectivity index (χ2v) is 6.54. The fraction of sp³-hybridized carbons (Fsp3) is 0.136. The molecule has 3 aromatic rings. The highest BCUT2D eigenvalue weighted by molar-refractivity contribution is 6.12. The van der Waals surface area contributed by atoms with Gasteiger partial charge in [-0.3, -0.25) is 4.79 Å². The maximum atomic E-state index is 13.5. The Morgan fingerprint density at radius 3 is 2.04 bits per heavy atom. The molecule has 3 aromatic carbocycles. The van der Waals surface area contributed by atoms with E-state index in [2.05, 4.69) is 0 Å². The van der Waals surface area contributed by atoms with Gasteiger partial charge in [0.15, 0.2) is 0 Å². The number of amides is 1. The normalized spacial score (nSPS) is 19.1. The first kappa shape index (κ1) is 15.5. The topological polar surface area (TPSA) is 40.5 Å². The van der Waals surface area contributed by atoms with Crippen molar-refractivity contribution < 1.29 is 9.90 Å². The number of hydrogen-bond donors (Lipinski definition) is 1. The molecule has 1 aliphatic rings. The number of phenols is 1. The van der Waals surface area contributed by atoms with Crippen LogP contribution in [0.2, 0.25) is 0 Å². The monoisotopic (exact) mass is 329 g/mol. The number of hydrogen-bond acceptors (Lipinski definition) is 2. The van der Waals surface area contributed by atoms with E-state index in [9.17, 15) is 9.90 Å². The first-order chi connectivity index (χ1) is 12.0. The Kier molecular flexibility index (Phi) is 3.39. The highest BCUT2D eigenvalue weighted by Crippen LogP contribution is 2.49. The minimum Gasteiger partial charge on any atom is -0.508 e. The van der Waals surface area contributed by atoms with Gasteiger partial charge in [0.2, 0.25) is 5.91 Å². The summed E-state index contributed by atoms with van der Waals surface area (Å²) in [4.78, 5) is 15.2. The van der Waals surface area contributed by atoms with Gasteiger partial charge in [0.25, 0.3) is 0 Å². The molecular formula is C22H19NO2. The predicted octanol–water partition coefficient (Wildman–Crippen LogP) is 4.01. The van der Waals surface area contributed by atoms with E-state index in [-0.39, 0.29) is 11.7 Å². The van der Waals surface area contributed by atoms with E-state index < -0.39 is 5.41 Å². The Bertz CT molecular complexity index is 897. The lowest BCUT2D eigenvalue weighted by atomic mass is 9.70. The summed E-state index contributed by atoms with van der Waals surface area (Å²) in [6.45, 7) is 2.04. The number of carbonyl (C=O) groups excluding carboxylic acids is 1. The second kappa shape index (κ2) is 5.49. The van der Waals surface area contributed by atoms with Gasteiger partial charge in [0.05, 0.1) is 0 Å². The molecule has 0 fully saturated rings. The van der Waals surface area contributed by atoms with Crippen LogP contribution in [0.3, 0.4) is 0 Å². The van der Waals surface area contributed by atoms with Crippen LogP contribution in [0.25, 0.3) is 0 Å². The molecule has 1 N–H and O–H groups in total. The van der Waals surface area contributed by atoms with E-state index in [1.165, 1.54) is 0 Å². The molecule has 0 aliphatic carbocycles. The quantitative estimate of drug-likeness (QED) is 0.772. The Morgan fingerprint density at radius 2 is 1.40 bits per heavy atom. The van der Waals surface area contributed by atoms with Gasteiger partial charge in [-0.15, -0.1) is 0 Å². The first-order valence-corrected chi connectivity index (χ1v) is 8.29. The lowest BCUT2D eigenvalue weighted by Crippen LogP contribution is -2.40. The molecule has 1 atom stereocenters. The third kappa shape index (κ3) is 2.09. The molecule has 0 saturated heterocycles. The van der Waals surface area contributed by atoms with E-state index in [4.69, 9.17) is 0 Å². The minimum absolute atomic E-state index is 0.0169. The molecule has 3 heteroatoms. The predicted molar refractivity (Wildman–Crippen MR) is 99.0 cm³/mol. The third-order valence-electron chi connectivity index (χ3n) is 5.08. The Morgan fingerprint density at radius 1 is 0.840 bits per heavy atom. The first-order valence-electron chi connectivity index (χ1n) is 8.29. The van der Waals surface area contributed by atoms with E-state index >= 15 is 0 Å². The number of aromatic hydroxyl groups is 1. The van der Waals surface area contributed by atoms with Crippen LogP contribution in [-0.2, 0) is 10.2 Å². The van der Waals surface area contributed by atoms with Gasteiger partial charge in [-0.25, -0.2) is 0 Å². The number of carbonyl (C=O) groups is 1. The van der Waals surface area contributed by atoms with Crippen LogP contribution in [0.5, 0.6) is 5.75 Å². The molecule has 0 radical (unpaired) electrons. The number of aryl methyl sites for hydroxylation is 1. The Labute approximate surface area is 147 Å². The van der Waals surface area contributed by atoms with E-state index in [0.29, 0.717) is 0 Å². The molecule has 3 nitrogen and oxygen atoms in total. The fourth-order valence-electron chi connectivity index (χ4n) is 3.80. The van der Waals surface area contributed by atoms with Crippen molar-refractivity contribution in [3.8, 4) is 5.75 Å². The average Bonchev–Trinajstić information content (AvgIpc) is 2.86. The van der Waals surface area contributed by atoms with E-state index in [1.54, 1.807) is 17.0 Å². The van der Waals surface area contributed by atoms with Gasteiger partial charge in [-0.1, -0.05) is 60.2 Å². The van der Waals surface area contributed by atoms with Crippen molar-refractivity contribution in [2.24, 2.45) is 0 Å². The fourth-order valence-corrected chi connectivity index (χ4v) is 3.80. The molecule has 0 aromatic heterocycles. The van der Waals surface area contributed by atoms with Crippen LogP contribution < -0.4 is 4.90 Å². The average molecular weight is 329 g/mol. The van der Waals surface area contributed by atoms with Gasteiger partial charge in [-0.2, -0.15) is 0 Å². The van der Waals surface area contributed by atoms with Gasteiger partial charge >= 0.3 is 0 Å². The van der Waals surface area contributed by atoms with Crippen molar-refractivity contribution in [2.75, 3.05) is 11.9 Å². The number of benzene rings is 3. The van der Waals surface area contributed by atoms with Gasteiger partial charge < -0.3 is 10.0 Å². The smallest absolute Gasteiger partial charge is 0.246 e. The highest BCUT2D eigenvalue weighted by atomic mass is 16.3. The second-order valence-electron chi connectivity index (χ2n) is 6.54. The lowest BCUT2D eigenvalue weighted by Gasteiger charge is -2.30. The maximum absolute atomic E-state index is 13.5. The van der Waals surface area contributed by atoms with Gasteiger partial charge in [-0.05, 0) is 36.2 Å². The number of para-hydroxylation sites is 1. The zero-order valence-corrected chi connectivity index (χ0v) is 14.2. The van der Waals surface area contributed by atoms with Crippen LogP contribution in [0.15, 0.2) is 72.8 Å². The van der Waals surface area contributed by atoms with Gasteiger partial charge in [0.1, 0.15) is 11.2 Å². The van der Waals surface area contributed by atoms with Crippen molar-refractivity contribution in [3.05, 3.63) is 95.1 Å². The van der Waals surface area contributed by atoms with Crippen molar-refractivity contribution >= 4 is 11.6 Å². The SMILES string of the molecule is Cc1ccc(C2(c3ccc(O)cc3)C(=O)N(C)c3ccccc32)cc1. The standard InChI is InChI=1S/C22H19NO2/c1-15-7-9-16(10-8-15)22(17-11-13-18(24)14-12-17)19-5-3-4-6-20(19)23(2)21(22)25/h3-14,24H,1-2H3. The highest BCUT2D eigenvalue weighted by Gasteiger charge is 2.52. The molecule has 4 rings (SSSR count). The largest absolute Gasteiger partial charge is 0.508 e. The number of nitrogens with zero attached hydrogens (tertiary/aromatic N) is 1. The van der Waals surface area contributed by atoms with Crippen LogP contribution in [0.1, 0.15) is 22.3 Å². The number of fused-ring (bicyclic) bond motifs is 1. The molecule has 124 valence electrons. The van der Waals surface area contributed by atoms with E-state index in [1.807, 2.05) is 74.6 Å². The third-order valence-corrected chi connectivity index (χ3v) is 5.08. The maximum Gasteiger partial charge on any atom is 0.246 e. The summed E-state index contributed by atoms with van der Waals surface area (Å²) in [7, 11) is 1.82. The summed E-state index contributed by atoms with van der Waals surface area (Å²) >= 11 is 0. The van der Waals surface area contributed by atoms with Crippen LogP contribution >= 0.6 is 0 Å². The molecule has 0 bridgehead atoms. The van der Waals surface area contributed by atoms with Crippen molar-refractivity contribution in [1.82, 2.24) is 0 Å². The molecular weight excluding hydrogens is 310 g/mol. The van der Waals surface area contributed by atoms with Crippen molar-refractivity contribution in [1.29, 1.82) is 0 Å². The lowest BCUT2D eigenvalue weighted by molar-refractivity contribution is -0.120. The molecule has 25 heavy (non-hydrogen) atoms. The van der Waals surface area contributed by atoms with Crippen molar-refractivity contribution in [3.63, 3.8) is 0 Å². The van der Waals surface area contributed by atoms with Crippen LogP contribution in [0.4, 0.5) is 5.69 Å². The number of likely N-dealkylation sites (N-methyl/N-ethyl adjacent to an activating group) is 1. The zero-order valence-electron chi connectivity index (χ0n) is 14.2. The molecule has 1 amide bonds. The molecule has 1 unspecified atom stereocenters. The summed E-state index contributed by atoms with van der Waals surface area (Å²) in [5, 5.41) is 9.71. The van der Waals surface area contributed by atoms with Crippen LogP contribution in [0, 0.1) is 6.92 Å². The summed E-state index contributed by atoms with van der Waals surface area (Å²) in [5.74, 6) is 0.207. The summed E-state index contributed by atoms with van der Waals surface area (Å²) in [6.07, 6.45) is 0. The number of phenolic OH excluding ortho intramolecular Hbond substituents is 1. The summed E-state index contributed by atoms with van der Waals surface area (Å²) in [5.41, 5.74) is 3.93. The molecule has 0 saturated carbocycles. The Balaban J connectivity index is 2.08. The molecule has 1 aliphatic heterocycles. The minimum atomic E-state index is -0.896. The van der Waals surface area contributed by atoms with Gasteiger partial charge in [0, 0.05) is 18.3 Å². The van der Waals surface area contributed by atoms with E-state index in [0.717, 1.165) is 27.9 Å². The van der Waals surface area contributed by atoms with Crippen molar-refractivity contribution in [2.45, 2.75) is 12.3 Å². The Hall–Kier alpha value is -3.07.